The maximum absolute atomic E-state index is 12.1. The highest BCUT2D eigenvalue weighted by Gasteiger charge is 2.16. The van der Waals surface area contributed by atoms with Gasteiger partial charge in [-0.25, -0.2) is 9.97 Å². The Morgan fingerprint density at radius 1 is 0.607 bits per heavy atom. The summed E-state index contributed by atoms with van der Waals surface area (Å²) in [7, 11) is 9.52. The summed E-state index contributed by atoms with van der Waals surface area (Å²) in [6.07, 6.45) is 3.20. The maximum atomic E-state index is 12.1. The summed E-state index contributed by atoms with van der Waals surface area (Å²) in [4.78, 5) is 41.6. The fourth-order valence-corrected chi connectivity index (χ4v) is 6.02. The third-order valence-electron chi connectivity index (χ3n) is 8.44. The summed E-state index contributed by atoms with van der Waals surface area (Å²) in [5.74, 6) is 4.05. The van der Waals surface area contributed by atoms with Crippen LogP contribution in [0.15, 0.2) is 95.7 Å². The van der Waals surface area contributed by atoms with Crippen LogP contribution in [0, 0.1) is 13.8 Å². The minimum Gasteiger partial charge on any atom is -0.493 e. The number of nitrogens with zero attached hydrogens (tertiary/aromatic N) is 4. The van der Waals surface area contributed by atoms with Gasteiger partial charge in [0.1, 0.15) is 11.6 Å². The van der Waals surface area contributed by atoms with Gasteiger partial charge in [0.05, 0.1) is 49.7 Å². The summed E-state index contributed by atoms with van der Waals surface area (Å²) in [6, 6.07) is 23.2. The van der Waals surface area contributed by atoms with E-state index < -0.39 is 0 Å². The van der Waals surface area contributed by atoms with Crippen LogP contribution in [0.4, 0.5) is 34.8 Å². The molecule has 0 saturated heterocycles. The number of halogens is 1. The second kappa shape index (κ2) is 22.9. The van der Waals surface area contributed by atoms with Gasteiger partial charge in [0.25, 0.3) is 11.8 Å². The number of nitrogens with one attached hydrogen (secondary N) is 5. The number of rotatable bonds is 14. The molecule has 0 saturated carbocycles. The van der Waals surface area contributed by atoms with Crippen LogP contribution in [0.25, 0.3) is 0 Å². The minimum absolute atomic E-state index is 0. The zero-order valence-electron chi connectivity index (χ0n) is 33.7. The average Bonchev–Trinajstić information content (AvgIpc) is 3.24. The monoisotopic (exact) mass is 897 g/mol. The molecule has 5 N–H and O–H groups in total. The number of para-hydroxylation sites is 2. The molecular weight excluding hydrogens is 846 g/mol. The predicted molar refractivity (Wildman–Crippen MR) is 243 cm³/mol. The molecule has 4 aromatic carbocycles. The van der Waals surface area contributed by atoms with Crippen LogP contribution in [0.1, 0.15) is 46.7 Å². The highest BCUT2D eigenvalue weighted by Crippen LogP contribution is 2.36. The van der Waals surface area contributed by atoms with Crippen molar-refractivity contribution in [3.63, 3.8) is 0 Å². The summed E-state index contributed by atoms with van der Waals surface area (Å²) in [5.41, 5.74) is 4.86. The Bertz CT molecular complexity index is 2430. The maximum Gasteiger partial charge on any atom is 0.254 e. The van der Waals surface area contributed by atoms with E-state index in [1.165, 1.54) is 0 Å². The highest BCUT2D eigenvalue weighted by molar-refractivity contribution is 9.10. The van der Waals surface area contributed by atoms with Crippen LogP contribution in [0.3, 0.4) is 0 Å². The summed E-state index contributed by atoms with van der Waals surface area (Å²) in [6.45, 7) is 3.85. The van der Waals surface area contributed by atoms with Gasteiger partial charge in [-0.05, 0) is 77.3 Å². The molecule has 17 heteroatoms. The lowest BCUT2D eigenvalue weighted by molar-refractivity contribution is 0.0954. The number of amides is 2. The third kappa shape index (κ3) is 12.2. The third-order valence-corrected chi connectivity index (χ3v) is 9.02. The van der Waals surface area contributed by atoms with Crippen LogP contribution < -0.4 is 50.3 Å². The largest absolute Gasteiger partial charge is 0.493 e. The molecule has 0 aliphatic heterocycles. The first kappa shape index (κ1) is 48.2. The first-order chi connectivity index (χ1) is 28.5. The van der Waals surface area contributed by atoms with Gasteiger partial charge in [0, 0.05) is 56.1 Å². The minimum atomic E-state index is -0.242. The van der Waals surface area contributed by atoms with Gasteiger partial charge < -0.3 is 50.3 Å². The number of anilines is 6. The van der Waals surface area contributed by atoms with E-state index in [4.69, 9.17) is 23.7 Å². The average molecular weight is 899 g/mol. The summed E-state index contributed by atoms with van der Waals surface area (Å²) < 4.78 is 28.0. The van der Waals surface area contributed by atoms with Gasteiger partial charge in [-0.1, -0.05) is 39.1 Å². The van der Waals surface area contributed by atoms with E-state index in [0.717, 1.165) is 22.5 Å². The molecule has 0 spiro atoms. The van der Waals surface area contributed by atoms with Gasteiger partial charge in [0.15, 0.2) is 23.0 Å². The van der Waals surface area contributed by atoms with Crippen molar-refractivity contribution >= 4 is 62.5 Å². The van der Waals surface area contributed by atoms with Crippen molar-refractivity contribution in [2.24, 2.45) is 0 Å². The van der Waals surface area contributed by atoms with Crippen molar-refractivity contribution in [1.82, 2.24) is 30.6 Å². The Kier molecular flexibility index (Phi) is 18.1. The highest BCUT2D eigenvalue weighted by atomic mass is 79.9. The summed E-state index contributed by atoms with van der Waals surface area (Å²) in [5, 5.41) is 14.7. The van der Waals surface area contributed by atoms with Gasteiger partial charge >= 0.3 is 0 Å². The Morgan fingerprint density at radius 2 is 1.13 bits per heavy atom. The van der Waals surface area contributed by atoms with Gasteiger partial charge in [-0.15, -0.1) is 0 Å². The standard InChI is InChI=1S/C21H22BrN5O3.C21H22N4O4.2CH4/c1-12-9-13(10-17(29-3)18(12)30-4)25-21-24-11-15(22)19(27-21)26-16-8-6-5-7-14(16)20(28)23-2;1-13-11-14(12-17(27-3)19(13)28-4)24-21-23-10-9-18(25-21)29-16-8-6-5-7-15(16)20(26)22-2;;/h5-11H,1-4H3,(H,23,28)(H2,24,25,26,27);5-12H,1-4H3,(H,22,26)(H,23,24,25);2*1H4. The van der Waals surface area contributed by atoms with Crippen LogP contribution in [0.5, 0.6) is 34.6 Å². The van der Waals surface area contributed by atoms with E-state index in [9.17, 15) is 9.59 Å². The molecule has 0 atom stereocenters. The molecule has 0 bridgehead atoms. The van der Waals surface area contributed by atoms with Gasteiger partial charge in [-0.3, -0.25) is 9.59 Å². The number of carbonyl (C=O) groups is 2. The van der Waals surface area contributed by atoms with Gasteiger partial charge in [-0.2, -0.15) is 9.97 Å². The van der Waals surface area contributed by atoms with Crippen molar-refractivity contribution in [1.29, 1.82) is 0 Å². The molecule has 6 aromatic rings. The molecule has 322 valence electrons. The fraction of sp³-hybridized carbons (Fsp3) is 0.227. The van der Waals surface area contributed by atoms with E-state index in [1.54, 1.807) is 103 Å². The van der Waals surface area contributed by atoms with Crippen molar-refractivity contribution in [2.75, 3.05) is 58.5 Å². The van der Waals surface area contributed by atoms with Crippen LogP contribution in [-0.2, 0) is 0 Å². The fourth-order valence-electron chi connectivity index (χ4n) is 5.73. The lowest BCUT2D eigenvalue weighted by Crippen LogP contribution is -2.19. The molecule has 0 fully saturated rings. The molecule has 6 rings (SSSR count). The number of benzene rings is 4. The lowest BCUT2D eigenvalue weighted by atomic mass is 10.1. The second-order valence-corrected chi connectivity index (χ2v) is 13.2. The molecule has 2 amide bonds. The Balaban J connectivity index is 0.000000315. The first-order valence-corrected chi connectivity index (χ1v) is 18.7. The molecule has 61 heavy (non-hydrogen) atoms. The van der Waals surface area contributed by atoms with Crippen molar-refractivity contribution in [3.05, 3.63) is 118 Å². The van der Waals surface area contributed by atoms with Crippen LogP contribution in [0.2, 0.25) is 0 Å². The lowest BCUT2D eigenvalue weighted by Gasteiger charge is -2.15. The SMILES string of the molecule is C.C.CNC(=O)c1ccccc1Nc1nc(Nc2cc(C)c(OC)c(OC)c2)ncc1Br.CNC(=O)c1ccccc1Oc1ccnc(Nc2cc(C)c(OC)c(OC)c2)n1. The Labute approximate surface area is 364 Å². The molecular formula is C44H52BrN9O7. The number of ether oxygens (including phenoxy) is 5. The van der Waals surface area contributed by atoms with Gasteiger partial charge in [0.2, 0.25) is 17.8 Å². The molecule has 0 unspecified atom stereocenters. The number of methoxy groups -OCH3 is 4. The van der Waals surface area contributed by atoms with E-state index in [2.05, 4.69) is 62.4 Å². The molecule has 16 nitrogen and oxygen atoms in total. The second-order valence-electron chi connectivity index (χ2n) is 12.3. The van der Waals surface area contributed by atoms with E-state index in [0.29, 0.717) is 73.6 Å². The molecule has 2 aromatic heterocycles. The van der Waals surface area contributed by atoms with Crippen LogP contribution in [-0.4, -0.2) is 74.3 Å². The van der Waals surface area contributed by atoms with E-state index in [-0.39, 0.29) is 26.7 Å². The smallest absolute Gasteiger partial charge is 0.254 e. The number of hydrogen-bond acceptors (Lipinski definition) is 14. The first-order valence-electron chi connectivity index (χ1n) is 17.9. The normalized spacial score (nSPS) is 9.92. The van der Waals surface area contributed by atoms with E-state index in [1.807, 2.05) is 44.2 Å². The van der Waals surface area contributed by atoms with Crippen molar-refractivity contribution in [3.8, 4) is 34.6 Å². The number of aryl methyl sites for hydroxylation is 2. The Morgan fingerprint density at radius 3 is 1.69 bits per heavy atom. The molecule has 0 aliphatic rings. The topological polar surface area (TPSA) is 192 Å². The van der Waals surface area contributed by atoms with Crippen molar-refractivity contribution < 1.29 is 33.3 Å². The molecule has 0 radical (unpaired) electrons. The number of carbonyl (C=O) groups excluding carboxylic acids is 2. The molecule has 2 heterocycles. The summed E-state index contributed by atoms with van der Waals surface area (Å²) >= 11 is 3.45. The Hall–Kier alpha value is -7.14. The van der Waals surface area contributed by atoms with Crippen LogP contribution >= 0.6 is 15.9 Å². The molecule has 0 aliphatic carbocycles. The predicted octanol–water partition coefficient (Wildman–Crippen LogP) is 9.38. The van der Waals surface area contributed by atoms with E-state index >= 15 is 0 Å². The zero-order valence-corrected chi connectivity index (χ0v) is 35.3. The van der Waals surface area contributed by atoms with Crippen molar-refractivity contribution in [2.45, 2.75) is 28.7 Å². The zero-order chi connectivity index (χ0) is 42.5. The number of aromatic nitrogens is 4. The quantitative estimate of drug-likeness (QED) is 0.0695. The number of hydrogen-bond donors (Lipinski definition) is 5.